The monoisotopic (exact) mass is 419 g/mol. The van der Waals surface area contributed by atoms with Crippen LogP contribution < -0.4 is 10.6 Å². The largest absolute Gasteiger partial charge is 0.368 e. The van der Waals surface area contributed by atoms with E-state index in [1.807, 2.05) is 89.8 Å². The van der Waals surface area contributed by atoms with E-state index in [1.54, 1.807) is 12.1 Å². The van der Waals surface area contributed by atoms with Gasteiger partial charge in [0.25, 0.3) is 0 Å². The minimum atomic E-state index is -1.61. The number of benzene rings is 3. The maximum atomic E-state index is 14.0. The van der Waals surface area contributed by atoms with Gasteiger partial charge in [0.15, 0.2) is 11.2 Å². The van der Waals surface area contributed by atoms with Crippen LogP contribution in [0.1, 0.15) is 27.4 Å². The molecule has 3 aromatic rings. The zero-order chi connectivity index (χ0) is 22.3. The van der Waals surface area contributed by atoms with Crippen LogP contribution in [-0.2, 0) is 4.79 Å². The summed E-state index contributed by atoms with van der Waals surface area (Å²) in [7, 11) is 0. The third-order valence-corrected chi connectivity index (χ3v) is 6.62. The summed E-state index contributed by atoms with van der Waals surface area (Å²) in [4.78, 5) is 29.0. The summed E-state index contributed by atoms with van der Waals surface area (Å²) in [5.41, 5.74) is 7.37. The van der Waals surface area contributed by atoms with Gasteiger partial charge in [0.05, 0.1) is 12.1 Å². The Bertz CT molecular complexity index is 1260. The van der Waals surface area contributed by atoms with E-state index in [-0.39, 0.29) is 5.78 Å². The molecule has 3 aromatic carbocycles. The minimum absolute atomic E-state index is 0.145. The van der Waals surface area contributed by atoms with E-state index in [4.69, 9.17) is 5.73 Å². The van der Waals surface area contributed by atoms with Gasteiger partial charge in [-0.3, -0.25) is 9.59 Å². The second-order valence-electron chi connectivity index (χ2n) is 8.18. The zero-order valence-corrected chi connectivity index (χ0v) is 17.3. The Morgan fingerprint density at radius 2 is 1.53 bits per heavy atom. The smallest absolute Gasteiger partial charge is 0.241 e. The highest BCUT2D eigenvalue weighted by molar-refractivity contribution is 6.06. The number of primary amides is 1. The topological polar surface area (TPSA) is 87.2 Å². The van der Waals surface area contributed by atoms with Crippen molar-refractivity contribution in [3.63, 3.8) is 0 Å². The molecule has 1 amide bonds. The predicted octanol–water partition coefficient (Wildman–Crippen LogP) is 3.93. The zero-order valence-electron chi connectivity index (χ0n) is 17.3. The Morgan fingerprint density at radius 1 is 0.906 bits per heavy atom. The fourth-order valence-corrected chi connectivity index (χ4v) is 5.23. The second kappa shape index (κ2) is 7.51. The van der Waals surface area contributed by atoms with Gasteiger partial charge in [-0.2, -0.15) is 5.26 Å². The average molecular weight is 419 g/mol. The van der Waals surface area contributed by atoms with Gasteiger partial charge in [0.2, 0.25) is 5.91 Å². The fourth-order valence-electron chi connectivity index (χ4n) is 5.23. The van der Waals surface area contributed by atoms with Crippen molar-refractivity contribution < 1.29 is 9.59 Å². The number of hydrogen-bond acceptors (Lipinski definition) is 4. The van der Waals surface area contributed by atoms with Crippen LogP contribution in [0.2, 0.25) is 0 Å². The number of carbonyl (C=O) groups is 2. The molecule has 4 unspecified atom stereocenters. The summed E-state index contributed by atoms with van der Waals surface area (Å²) in [6, 6.07) is 26.8. The lowest BCUT2D eigenvalue weighted by Crippen LogP contribution is -2.49. The van der Waals surface area contributed by atoms with E-state index in [2.05, 4.69) is 6.07 Å². The van der Waals surface area contributed by atoms with E-state index in [0.29, 0.717) is 5.56 Å². The number of ketones is 1. The molecule has 0 aliphatic carbocycles. The first-order chi connectivity index (χ1) is 15.6. The molecule has 5 heteroatoms. The van der Waals surface area contributed by atoms with Crippen LogP contribution in [0.4, 0.5) is 5.69 Å². The van der Waals surface area contributed by atoms with Gasteiger partial charge in [0, 0.05) is 17.2 Å². The maximum Gasteiger partial charge on any atom is 0.241 e. The van der Waals surface area contributed by atoms with Crippen molar-refractivity contribution in [1.82, 2.24) is 0 Å². The highest BCUT2D eigenvalue weighted by Gasteiger charge is 2.65. The lowest BCUT2D eigenvalue weighted by Gasteiger charge is -2.36. The number of nitriles is 1. The lowest BCUT2D eigenvalue weighted by molar-refractivity contribution is -0.125. The summed E-state index contributed by atoms with van der Waals surface area (Å²) in [5, 5.41) is 10.5. The number of amides is 1. The third-order valence-electron chi connectivity index (χ3n) is 6.62. The average Bonchev–Trinajstić information content (AvgIpc) is 3.16. The van der Waals surface area contributed by atoms with Gasteiger partial charge < -0.3 is 10.6 Å². The van der Waals surface area contributed by atoms with Gasteiger partial charge in [-0.25, -0.2) is 0 Å². The number of rotatable bonds is 4. The molecule has 156 valence electrons. The molecule has 2 N–H and O–H groups in total. The van der Waals surface area contributed by atoms with Crippen molar-refractivity contribution in [2.75, 3.05) is 4.90 Å². The molecular weight excluding hydrogens is 398 g/mol. The molecule has 2 heterocycles. The van der Waals surface area contributed by atoms with Crippen LogP contribution in [0.3, 0.4) is 0 Å². The molecule has 0 bridgehead atoms. The normalized spacial score (nSPS) is 25.5. The molecule has 0 saturated carbocycles. The van der Waals surface area contributed by atoms with Gasteiger partial charge in [-0.05, 0) is 17.2 Å². The highest BCUT2D eigenvalue weighted by atomic mass is 16.1. The van der Waals surface area contributed by atoms with Crippen molar-refractivity contribution in [3.8, 4) is 6.07 Å². The summed E-state index contributed by atoms with van der Waals surface area (Å²) in [5.74, 6) is -1.61. The van der Waals surface area contributed by atoms with Crippen LogP contribution in [0.25, 0.3) is 6.08 Å². The summed E-state index contributed by atoms with van der Waals surface area (Å²) < 4.78 is 0. The van der Waals surface area contributed by atoms with E-state index >= 15 is 0 Å². The van der Waals surface area contributed by atoms with E-state index < -0.39 is 29.3 Å². The number of nitrogens with zero attached hydrogens (tertiary/aromatic N) is 2. The molecule has 0 spiro atoms. The Morgan fingerprint density at radius 3 is 2.19 bits per heavy atom. The van der Waals surface area contributed by atoms with Crippen molar-refractivity contribution in [2.45, 2.75) is 18.0 Å². The van der Waals surface area contributed by atoms with Crippen molar-refractivity contribution >= 4 is 23.5 Å². The first-order valence-electron chi connectivity index (χ1n) is 10.5. The predicted molar refractivity (Wildman–Crippen MR) is 123 cm³/mol. The number of hydrogen-bond donors (Lipinski definition) is 1. The molecule has 4 atom stereocenters. The van der Waals surface area contributed by atoms with E-state index in [1.165, 1.54) is 0 Å². The fraction of sp³-hybridized carbons (Fsp3) is 0.148. The Labute approximate surface area is 186 Å². The van der Waals surface area contributed by atoms with Crippen molar-refractivity contribution in [1.29, 1.82) is 5.26 Å². The standard InChI is InChI=1S/C27H21N3O2/c28-17-27(26(29)32)22-16-15-18-9-7-8-14-21(18)30(22)24(23(27)19-10-3-1-4-11-19)25(31)20-12-5-2-6-13-20/h1-16,22-24H,(H2,29,32). The van der Waals surface area contributed by atoms with E-state index in [0.717, 1.165) is 16.8 Å². The molecule has 0 radical (unpaired) electrons. The number of anilines is 1. The SMILES string of the molecule is N#CC1(C(N)=O)C(c2ccccc2)C(C(=O)c2ccccc2)N2c3ccccc3C=CC21. The summed E-state index contributed by atoms with van der Waals surface area (Å²) in [6.07, 6.45) is 3.74. The number of nitrogens with two attached hydrogens (primary N) is 1. The molecule has 1 fully saturated rings. The van der Waals surface area contributed by atoms with Gasteiger partial charge in [-0.1, -0.05) is 91.0 Å². The van der Waals surface area contributed by atoms with Crippen LogP contribution in [-0.4, -0.2) is 23.8 Å². The number of carbonyl (C=O) groups excluding carboxylic acids is 2. The van der Waals surface area contributed by atoms with Gasteiger partial charge in [-0.15, -0.1) is 0 Å². The highest BCUT2D eigenvalue weighted by Crippen LogP contribution is 2.55. The first kappa shape index (κ1) is 19.8. The molecule has 0 aromatic heterocycles. The molecule has 2 aliphatic rings. The maximum absolute atomic E-state index is 14.0. The Hall–Kier alpha value is -4.17. The number of fused-ring (bicyclic) bond motifs is 3. The molecule has 5 nitrogen and oxygen atoms in total. The lowest BCUT2D eigenvalue weighted by atomic mass is 9.67. The van der Waals surface area contributed by atoms with Crippen molar-refractivity contribution in [3.05, 3.63) is 108 Å². The van der Waals surface area contributed by atoms with Gasteiger partial charge in [0.1, 0.15) is 6.04 Å². The van der Waals surface area contributed by atoms with Crippen LogP contribution >= 0.6 is 0 Å². The Balaban J connectivity index is 1.81. The summed E-state index contributed by atoms with van der Waals surface area (Å²) in [6.45, 7) is 0. The van der Waals surface area contributed by atoms with Crippen LogP contribution in [0, 0.1) is 16.7 Å². The van der Waals surface area contributed by atoms with Crippen LogP contribution in [0.5, 0.6) is 0 Å². The molecule has 2 aliphatic heterocycles. The molecule has 32 heavy (non-hydrogen) atoms. The molecule has 5 rings (SSSR count). The second-order valence-corrected chi connectivity index (χ2v) is 8.18. The Kier molecular flexibility index (Phi) is 4.64. The molecular formula is C27H21N3O2. The minimum Gasteiger partial charge on any atom is -0.368 e. The number of Topliss-reactive ketones (excluding diaryl/α,β-unsaturated/α-hetero) is 1. The summed E-state index contributed by atoms with van der Waals surface area (Å²) >= 11 is 0. The van der Waals surface area contributed by atoms with Crippen LogP contribution in [0.15, 0.2) is 91.0 Å². The first-order valence-corrected chi connectivity index (χ1v) is 10.5. The number of para-hydroxylation sites is 1. The van der Waals surface area contributed by atoms with E-state index in [9.17, 15) is 14.9 Å². The van der Waals surface area contributed by atoms with Crippen molar-refractivity contribution in [2.24, 2.45) is 11.1 Å². The third kappa shape index (κ3) is 2.70. The molecule has 1 saturated heterocycles. The quantitative estimate of drug-likeness (QED) is 0.649. The van der Waals surface area contributed by atoms with Gasteiger partial charge >= 0.3 is 0 Å².